The molecule has 2 atom stereocenters. The molecular weight excluding hydrogens is 206 g/mol. The molecule has 6 heteroatoms. The van der Waals surface area contributed by atoms with E-state index >= 15 is 0 Å². The Morgan fingerprint density at radius 1 is 1.57 bits per heavy atom. The van der Waals surface area contributed by atoms with Gasteiger partial charge in [-0.2, -0.15) is 0 Å². The van der Waals surface area contributed by atoms with Crippen LogP contribution in [0, 0.1) is 0 Å². The minimum absolute atomic E-state index is 0.0741. The predicted molar refractivity (Wildman–Crippen MR) is 52.8 cm³/mol. The molecule has 0 aromatic rings. The molecule has 0 aliphatic carbocycles. The quantitative estimate of drug-likeness (QED) is 0.606. The van der Waals surface area contributed by atoms with Crippen molar-refractivity contribution in [3.8, 4) is 0 Å². The van der Waals surface area contributed by atoms with E-state index in [0.29, 0.717) is 13.1 Å². The lowest BCUT2D eigenvalue weighted by Crippen LogP contribution is -2.49. The van der Waals surface area contributed by atoms with E-state index in [4.69, 9.17) is 5.11 Å². The first-order chi connectivity index (χ1) is 6.44. The molecule has 5 nitrogen and oxygen atoms in total. The summed E-state index contributed by atoms with van der Waals surface area (Å²) in [5.74, 6) is 0.292. The Morgan fingerprint density at radius 2 is 2.21 bits per heavy atom. The van der Waals surface area contributed by atoms with Gasteiger partial charge in [0.05, 0.1) is 24.2 Å². The summed E-state index contributed by atoms with van der Waals surface area (Å²) in [6.07, 6.45) is -0.779. The highest BCUT2D eigenvalue weighted by atomic mass is 32.2. The van der Waals surface area contributed by atoms with Crippen molar-refractivity contribution in [1.29, 1.82) is 0 Å². The van der Waals surface area contributed by atoms with Crippen molar-refractivity contribution in [1.82, 2.24) is 4.90 Å². The van der Waals surface area contributed by atoms with Crippen LogP contribution < -0.4 is 0 Å². The standard InChI is InChI=1S/C8H17NO4S/c1-7-6-14(12,13)3-2-9(7)4-8(11)5-10/h7-8,10-11H,2-6H2,1H3. The number of β-amino-alcohol motifs (C(OH)–C–C–N with tert-alkyl or cyclic N) is 1. The Bertz CT molecular complexity index is 277. The van der Waals surface area contributed by atoms with Gasteiger partial charge in [-0.15, -0.1) is 0 Å². The summed E-state index contributed by atoms with van der Waals surface area (Å²) in [4.78, 5) is 1.89. The average molecular weight is 223 g/mol. The van der Waals surface area contributed by atoms with E-state index in [1.165, 1.54) is 0 Å². The van der Waals surface area contributed by atoms with Crippen molar-refractivity contribution < 1.29 is 18.6 Å². The molecule has 1 saturated heterocycles. The zero-order valence-corrected chi connectivity index (χ0v) is 9.07. The summed E-state index contributed by atoms with van der Waals surface area (Å²) in [5, 5.41) is 17.9. The molecule has 1 aliphatic rings. The van der Waals surface area contributed by atoms with Crippen LogP contribution in [-0.4, -0.2) is 66.9 Å². The van der Waals surface area contributed by atoms with E-state index in [-0.39, 0.29) is 24.2 Å². The Balaban J connectivity index is 2.50. The lowest BCUT2D eigenvalue weighted by molar-refractivity contribution is 0.0506. The topological polar surface area (TPSA) is 77.8 Å². The van der Waals surface area contributed by atoms with Crippen LogP contribution in [0.3, 0.4) is 0 Å². The number of nitrogens with zero attached hydrogens (tertiary/aromatic N) is 1. The second-order valence-electron chi connectivity index (χ2n) is 3.79. The molecule has 0 bridgehead atoms. The van der Waals surface area contributed by atoms with Crippen molar-refractivity contribution in [3.05, 3.63) is 0 Å². The number of sulfone groups is 1. The lowest BCUT2D eigenvalue weighted by atomic mass is 10.2. The second kappa shape index (κ2) is 4.57. The Morgan fingerprint density at radius 3 is 2.71 bits per heavy atom. The molecule has 84 valence electrons. The van der Waals surface area contributed by atoms with Gasteiger partial charge in [0, 0.05) is 19.1 Å². The Hall–Kier alpha value is -0.170. The molecule has 0 saturated carbocycles. The van der Waals surface area contributed by atoms with E-state index in [1.807, 2.05) is 11.8 Å². The highest BCUT2D eigenvalue weighted by molar-refractivity contribution is 7.91. The normalized spacial score (nSPS) is 30.1. The summed E-state index contributed by atoms with van der Waals surface area (Å²) in [6.45, 7) is 2.32. The summed E-state index contributed by atoms with van der Waals surface area (Å²) in [7, 11) is -2.89. The van der Waals surface area contributed by atoms with Crippen LogP contribution in [0.4, 0.5) is 0 Å². The molecule has 1 aliphatic heterocycles. The zero-order chi connectivity index (χ0) is 10.8. The third-order valence-corrected chi connectivity index (χ3v) is 4.26. The number of rotatable bonds is 3. The highest BCUT2D eigenvalue weighted by Gasteiger charge is 2.28. The van der Waals surface area contributed by atoms with Crippen LogP contribution >= 0.6 is 0 Å². The number of aliphatic hydroxyl groups is 2. The van der Waals surface area contributed by atoms with Gasteiger partial charge in [-0.05, 0) is 6.92 Å². The van der Waals surface area contributed by atoms with Gasteiger partial charge in [-0.25, -0.2) is 8.42 Å². The van der Waals surface area contributed by atoms with E-state index in [0.717, 1.165) is 0 Å². The maximum Gasteiger partial charge on any atom is 0.153 e. The van der Waals surface area contributed by atoms with Crippen LogP contribution in [0.15, 0.2) is 0 Å². The monoisotopic (exact) mass is 223 g/mol. The molecule has 1 rings (SSSR count). The highest BCUT2D eigenvalue weighted by Crippen LogP contribution is 2.11. The first-order valence-corrected chi connectivity index (χ1v) is 6.50. The largest absolute Gasteiger partial charge is 0.394 e. The first-order valence-electron chi connectivity index (χ1n) is 4.68. The molecule has 0 amide bonds. The van der Waals surface area contributed by atoms with Crippen LogP contribution in [-0.2, 0) is 9.84 Å². The minimum Gasteiger partial charge on any atom is -0.394 e. The second-order valence-corrected chi connectivity index (χ2v) is 6.02. The predicted octanol–water partition coefficient (Wildman–Crippen LogP) is -1.54. The van der Waals surface area contributed by atoms with Crippen molar-refractivity contribution in [3.63, 3.8) is 0 Å². The zero-order valence-electron chi connectivity index (χ0n) is 8.26. The average Bonchev–Trinajstić information content (AvgIpc) is 2.09. The van der Waals surface area contributed by atoms with Crippen LogP contribution in [0.5, 0.6) is 0 Å². The number of hydrogen-bond acceptors (Lipinski definition) is 5. The van der Waals surface area contributed by atoms with Crippen molar-refractivity contribution in [2.24, 2.45) is 0 Å². The van der Waals surface area contributed by atoms with Crippen molar-refractivity contribution in [2.75, 3.05) is 31.2 Å². The van der Waals surface area contributed by atoms with Gasteiger partial charge in [-0.3, -0.25) is 4.90 Å². The Kier molecular flexibility index (Phi) is 3.88. The lowest BCUT2D eigenvalue weighted by Gasteiger charge is -2.34. The summed E-state index contributed by atoms with van der Waals surface area (Å²) in [6, 6.07) is -0.0741. The summed E-state index contributed by atoms with van der Waals surface area (Å²) in [5.41, 5.74) is 0. The van der Waals surface area contributed by atoms with Gasteiger partial charge < -0.3 is 10.2 Å². The van der Waals surface area contributed by atoms with Gasteiger partial charge in [0.2, 0.25) is 0 Å². The Labute approximate surface area is 84.3 Å². The maximum atomic E-state index is 11.2. The van der Waals surface area contributed by atoms with Crippen molar-refractivity contribution >= 4 is 9.84 Å². The third kappa shape index (κ3) is 3.20. The van der Waals surface area contributed by atoms with Gasteiger partial charge in [0.1, 0.15) is 0 Å². The molecule has 2 N–H and O–H groups in total. The fraction of sp³-hybridized carbons (Fsp3) is 1.00. The molecule has 14 heavy (non-hydrogen) atoms. The smallest absolute Gasteiger partial charge is 0.153 e. The van der Waals surface area contributed by atoms with Gasteiger partial charge >= 0.3 is 0 Å². The van der Waals surface area contributed by atoms with Crippen LogP contribution in [0.25, 0.3) is 0 Å². The number of hydrogen-bond donors (Lipinski definition) is 2. The van der Waals surface area contributed by atoms with E-state index < -0.39 is 15.9 Å². The maximum absolute atomic E-state index is 11.2. The van der Waals surface area contributed by atoms with E-state index in [9.17, 15) is 13.5 Å². The summed E-state index contributed by atoms with van der Waals surface area (Å²) >= 11 is 0. The molecule has 2 unspecified atom stereocenters. The molecule has 0 aromatic heterocycles. The molecule has 0 aromatic carbocycles. The van der Waals surface area contributed by atoms with Gasteiger partial charge in [0.25, 0.3) is 0 Å². The van der Waals surface area contributed by atoms with Gasteiger partial charge in [-0.1, -0.05) is 0 Å². The first kappa shape index (κ1) is 11.9. The molecule has 0 radical (unpaired) electrons. The van der Waals surface area contributed by atoms with Crippen molar-refractivity contribution in [2.45, 2.75) is 19.1 Å². The molecule has 1 heterocycles. The minimum atomic E-state index is -2.89. The summed E-state index contributed by atoms with van der Waals surface area (Å²) < 4.78 is 22.4. The van der Waals surface area contributed by atoms with E-state index in [2.05, 4.69) is 0 Å². The van der Waals surface area contributed by atoms with Crippen LogP contribution in [0.1, 0.15) is 6.92 Å². The van der Waals surface area contributed by atoms with Crippen LogP contribution in [0.2, 0.25) is 0 Å². The molecular formula is C8H17NO4S. The fourth-order valence-corrected chi connectivity index (χ4v) is 3.26. The molecule has 1 fully saturated rings. The van der Waals surface area contributed by atoms with Gasteiger partial charge in [0.15, 0.2) is 9.84 Å². The third-order valence-electron chi connectivity index (χ3n) is 2.46. The van der Waals surface area contributed by atoms with E-state index in [1.54, 1.807) is 0 Å². The number of aliphatic hydroxyl groups excluding tert-OH is 2. The molecule has 0 spiro atoms. The SMILES string of the molecule is CC1CS(=O)(=O)CCN1CC(O)CO. The fourth-order valence-electron chi connectivity index (χ4n) is 1.63.